The monoisotopic (exact) mass is 700 g/mol. The number of nitrogens with zero attached hydrogens (tertiary/aromatic N) is 1. The Kier molecular flexibility index (Phi) is 14.1. The quantitative estimate of drug-likeness (QED) is 0.190. The van der Waals surface area contributed by atoms with Crippen LogP contribution in [0.3, 0.4) is 0 Å². The number of rotatable bonds is 8. The first kappa shape index (κ1) is 38.5. The average Bonchev–Trinajstić information content (AvgIpc) is 3.11. The van der Waals surface area contributed by atoms with Gasteiger partial charge in [-0.2, -0.15) is 0 Å². The van der Waals surface area contributed by atoms with Gasteiger partial charge < -0.3 is 36.4 Å². The number of aryl methyl sites for hydroxylation is 1. The Morgan fingerprint density at radius 3 is 2.16 bits per heavy atom. The first-order chi connectivity index (χ1) is 24.4. The van der Waals surface area contributed by atoms with Crippen LogP contribution in [-0.2, 0) is 43.2 Å². The molecule has 0 aliphatic carbocycles. The number of ether oxygens (including phenoxy) is 1. The van der Waals surface area contributed by atoms with Crippen molar-refractivity contribution in [2.45, 2.75) is 89.7 Å². The zero-order chi connectivity index (χ0) is 36.9. The van der Waals surface area contributed by atoms with Crippen molar-refractivity contribution in [1.29, 1.82) is 0 Å². The second kappa shape index (κ2) is 18.6. The molecule has 5 amide bonds. The van der Waals surface area contributed by atoms with Crippen molar-refractivity contribution >= 4 is 29.5 Å². The molecule has 3 aromatic rings. The van der Waals surface area contributed by atoms with Gasteiger partial charge in [0.05, 0.1) is 12.1 Å². The largest absolute Gasteiger partial charge is 0.491 e. The zero-order valence-electron chi connectivity index (χ0n) is 29.4. The second-order valence-electron chi connectivity index (χ2n) is 13.2. The molecule has 2 aliphatic heterocycles. The molecule has 0 saturated carbocycles. The number of nitrogens with one attached hydrogen (secondary N) is 5. The number of hydrogen-bond donors (Lipinski definition) is 6. The number of pyridine rings is 1. The third kappa shape index (κ3) is 11.9. The van der Waals surface area contributed by atoms with E-state index in [9.17, 15) is 29.1 Å². The van der Waals surface area contributed by atoms with Crippen LogP contribution in [0.15, 0.2) is 79.1 Å². The van der Waals surface area contributed by atoms with Gasteiger partial charge in [-0.1, -0.05) is 62.4 Å². The van der Waals surface area contributed by atoms with Crippen LogP contribution in [0, 0.1) is 5.92 Å². The lowest BCUT2D eigenvalue weighted by atomic mass is 10.0. The van der Waals surface area contributed by atoms with E-state index in [4.69, 9.17) is 4.74 Å². The lowest BCUT2D eigenvalue weighted by molar-refractivity contribution is -0.136. The average molecular weight is 701 g/mol. The smallest absolute Gasteiger partial charge is 0.245 e. The van der Waals surface area contributed by atoms with Crippen molar-refractivity contribution in [3.05, 3.63) is 95.8 Å². The number of amides is 5. The van der Waals surface area contributed by atoms with Gasteiger partial charge in [-0.15, -0.1) is 0 Å². The fraction of sp³-hybridized carbons (Fsp3) is 0.421. The lowest BCUT2D eigenvalue weighted by Gasteiger charge is -2.29. The maximum atomic E-state index is 13.6. The first-order valence-corrected chi connectivity index (χ1v) is 17.2. The van der Waals surface area contributed by atoms with E-state index >= 15 is 0 Å². The van der Waals surface area contributed by atoms with E-state index in [1.54, 1.807) is 56.6 Å². The molecule has 2 bridgehead atoms. The van der Waals surface area contributed by atoms with Crippen molar-refractivity contribution in [2.75, 3.05) is 6.61 Å². The molecule has 0 unspecified atom stereocenters. The van der Waals surface area contributed by atoms with Crippen LogP contribution < -0.4 is 31.3 Å². The third-order valence-electron chi connectivity index (χ3n) is 8.56. The highest BCUT2D eigenvalue weighted by Crippen LogP contribution is 2.16. The van der Waals surface area contributed by atoms with Crippen molar-refractivity contribution < 1.29 is 33.8 Å². The number of hydrogen-bond acceptors (Lipinski definition) is 8. The van der Waals surface area contributed by atoms with Crippen LogP contribution in [-0.4, -0.2) is 82.5 Å². The number of aromatic nitrogens is 1. The summed E-state index contributed by atoms with van der Waals surface area (Å²) in [4.78, 5) is 71.0. The van der Waals surface area contributed by atoms with E-state index in [1.165, 1.54) is 13.8 Å². The van der Waals surface area contributed by atoms with Crippen LogP contribution in [0.2, 0.25) is 0 Å². The van der Waals surface area contributed by atoms with Crippen molar-refractivity contribution in [3.63, 3.8) is 0 Å². The third-order valence-corrected chi connectivity index (χ3v) is 8.56. The molecule has 0 radical (unpaired) electrons. The SMILES string of the molecule is CC(C)[C@H]1NC(=O)[C@H]([C@@H](C)O)NC(=O)[C@@H](C)NC(=O)[C@@H](NC(=O)CCc2cccnc2)Cc2ccc(cc2)OC[C@H](Cc2ccccc2)NC1=O. The van der Waals surface area contributed by atoms with Crippen molar-refractivity contribution in [3.8, 4) is 5.75 Å². The highest BCUT2D eigenvalue weighted by Gasteiger charge is 2.34. The number of aliphatic hydroxyl groups is 1. The normalized spacial score (nSPS) is 22.8. The predicted molar refractivity (Wildman–Crippen MR) is 190 cm³/mol. The highest BCUT2D eigenvalue weighted by molar-refractivity contribution is 5.95. The summed E-state index contributed by atoms with van der Waals surface area (Å²) in [6.07, 6.45) is 3.08. The molecule has 0 saturated heterocycles. The van der Waals surface area contributed by atoms with Crippen molar-refractivity contribution in [1.82, 2.24) is 31.6 Å². The number of carbonyl (C=O) groups excluding carboxylic acids is 5. The lowest BCUT2D eigenvalue weighted by Crippen LogP contribution is -2.61. The summed E-state index contributed by atoms with van der Waals surface area (Å²) in [5.41, 5.74) is 2.57. The molecule has 2 aromatic carbocycles. The number of fused-ring (bicyclic) bond motifs is 17. The van der Waals surface area contributed by atoms with Gasteiger partial charge in [0, 0.05) is 25.2 Å². The number of benzene rings is 2. The molecular weight excluding hydrogens is 652 g/mol. The first-order valence-electron chi connectivity index (χ1n) is 17.2. The van der Waals surface area contributed by atoms with Gasteiger partial charge in [-0.3, -0.25) is 29.0 Å². The molecule has 5 rings (SSSR count). The van der Waals surface area contributed by atoms with E-state index in [0.29, 0.717) is 18.6 Å². The number of carbonyl (C=O) groups is 5. The highest BCUT2D eigenvalue weighted by atomic mass is 16.5. The van der Waals surface area contributed by atoms with E-state index in [1.807, 2.05) is 36.4 Å². The Bertz CT molecular complexity index is 1620. The molecule has 6 atom stereocenters. The molecule has 6 N–H and O–H groups in total. The maximum absolute atomic E-state index is 13.6. The summed E-state index contributed by atoms with van der Waals surface area (Å²) in [5, 5.41) is 24.1. The van der Waals surface area contributed by atoms with Crippen LogP contribution in [0.1, 0.15) is 50.8 Å². The molecular formula is C38H48N6O7. The Labute approximate surface area is 298 Å². The standard InChI is InChI=1S/C38H48N6O7/c1-23(2)33-37(49)41-29(19-26-9-6-5-7-10-26)22-51-30-15-12-27(13-16-30)20-31(42-32(46)17-14-28-11-8-18-39-21-28)36(48)40-24(3)35(47)44-34(25(4)45)38(50)43-33/h5-13,15-16,18,21,23-25,29,31,33-34,45H,14,17,19-20,22H2,1-4H3,(H,40,48)(H,41,49)(H,42,46)(H,43,50)(H,44,47)/t24-,25-,29+,31+,33-,34+/m1/s1. The minimum Gasteiger partial charge on any atom is -0.491 e. The molecule has 0 spiro atoms. The van der Waals surface area contributed by atoms with Gasteiger partial charge in [0.25, 0.3) is 0 Å². The van der Waals surface area contributed by atoms with Crippen molar-refractivity contribution in [2.24, 2.45) is 5.92 Å². The van der Waals surface area contributed by atoms with E-state index in [0.717, 1.165) is 16.7 Å². The second-order valence-corrected chi connectivity index (χ2v) is 13.2. The van der Waals surface area contributed by atoms with Crippen LogP contribution in [0.5, 0.6) is 5.75 Å². The maximum Gasteiger partial charge on any atom is 0.245 e. The van der Waals surface area contributed by atoms with Gasteiger partial charge in [0.1, 0.15) is 36.5 Å². The van der Waals surface area contributed by atoms with Gasteiger partial charge in [0.15, 0.2) is 0 Å². The van der Waals surface area contributed by atoms with Gasteiger partial charge in [-0.05, 0) is 67.5 Å². The van der Waals surface area contributed by atoms with Crippen LogP contribution in [0.25, 0.3) is 0 Å². The van der Waals surface area contributed by atoms with Crippen LogP contribution >= 0.6 is 0 Å². The van der Waals surface area contributed by atoms with Gasteiger partial charge >= 0.3 is 0 Å². The Balaban J connectivity index is 1.61. The fourth-order valence-corrected chi connectivity index (χ4v) is 5.62. The summed E-state index contributed by atoms with van der Waals surface area (Å²) < 4.78 is 6.12. The minimum absolute atomic E-state index is 0.112. The van der Waals surface area contributed by atoms with Gasteiger partial charge in [-0.25, -0.2) is 0 Å². The topological polar surface area (TPSA) is 188 Å². The van der Waals surface area contributed by atoms with Crippen LogP contribution in [0.4, 0.5) is 0 Å². The Hall–Kier alpha value is -5.30. The minimum atomic E-state index is -1.43. The number of aliphatic hydroxyl groups excluding tert-OH is 1. The predicted octanol–water partition coefficient (Wildman–Crippen LogP) is 1.37. The summed E-state index contributed by atoms with van der Waals surface area (Å²) in [7, 11) is 0. The summed E-state index contributed by atoms with van der Waals surface area (Å²) in [5.74, 6) is -2.75. The molecule has 13 heteroatoms. The molecule has 51 heavy (non-hydrogen) atoms. The zero-order valence-corrected chi connectivity index (χ0v) is 29.4. The van der Waals surface area contributed by atoms with E-state index in [2.05, 4.69) is 31.6 Å². The van der Waals surface area contributed by atoms with E-state index in [-0.39, 0.29) is 31.3 Å². The fourth-order valence-electron chi connectivity index (χ4n) is 5.62. The molecule has 1 aromatic heterocycles. The summed E-state index contributed by atoms with van der Waals surface area (Å²) in [6.45, 7) is 6.43. The summed E-state index contributed by atoms with van der Waals surface area (Å²) in [6, 6.07) is 15.2. The molecule has 0 fully saturated rings. The summed E-state index contributed by atoms with van der Waals surface area (Å²) >= 11 is 0. The molecule has 2 aliphatic rings. The van der Waals surface area contributed by atoms with E-state index < -0.39 is 59.9 Å². The Morgan fingerprint density at radius 1 is 0.843 bits per heavy atom. The Morgan fingerprint density at radius 2 is 1.51 bits per heavy atom. The van der Waals surface area contributed by atoms with Gasteiger partial charge in [0.2, 0.25) is 29.5 Å². The molecule has 3 heterocycles. The molecule has 272 valence electrons. The molecule has 13 nitrogen and oxygen atoms in total.